The van der Waals surface area contributed by atoms with E-state index in [1.165, 1.54) is 0 Å². The Morgan fingerprint density at radius 1 is 1.11 bits per heavy atom. The predicted octanol–water partition coefficient (Wildman–Crippen LogP) is 3.69. The van der Waals surface area contributed by atoms with E-state index in [0.29, 0.717) is 30.1 Å². The van der Waals surface area contributed by atoms with Crippen molar-refractivity contribution >= 4 is 16.9 Å². The molecule has 0 radical (unpaired) electrons. The van der Waals surface area contributed by atoms with Crippen LogP contribution >= 0.6 is 0 Å². The lowest BCUT2D eigenvalue weighted by atomic mass is 9.79. The number of rotatable bonds is 6. The van der Waals surface area contributed by atoms with Crippen LogP contribution in [0.1, 0.15) is 60.4 Å². The van der Waals surface area contributed by atoms with Gasteiger partial charge in [-0.3, -0.25) is 9.59 Å². The number of carbonyl (C=O) groups is 1. The molecule has 1 fully saturated rings. The first kappa shape index (κ1) is 19.7. The van der Waals surface area contributed by atoms with E-state index in [1.54, 1.807) is 6.92 Å². The van der Waals surface area contributed by atoms with Crippen molar-refractivity contribution in [1.82, 2.24) is 4.98 Å². The number of Topliss-reactive ketones (excluding diaryl/α,β-unsaturated/α-hetero) is 1. The molecule has 3 rings (SSSR count). The Bertz CT molecular complexity index is 878. The fourth-order valence-electron chi connectivity index (χ4n) is 3.77. The Labute approximate surface area is 161 Å². The Morgan fingerprint density at radius 2 is 1.78 bits per heavy atom. The molecule has 2 aromatic rings. The van der Waals surface area contributed by atoms with Gasteiger partial charge in [0.05, 0.1) is 5.75 Å². The molecular formula is C21H25NO4S. The molecule has 2 N–H and O–H groups in total. The van der Waals surface area contributed by atoms with Gasteiger partial charge in [0.2, 0.25) is 0 Å². The van der Waals surface area contributed by atoms with Gasteiger partial charge >= 0.3 is 0 Å². The zero-order chi connectivity index (χ0) is 19.4. The van der Waals surface area contributed by atoms with Gasteiger partial charge in [0.1, 0.15) is 5.78 Å². The second kappa shape index (κ2) is 8.76. The number of aromatic nitrogens is 1. The topological polar surface area (TPSA) is 87.2 Å². The summed E-state index contributed by atoms with van der Waals surface area (Å²) in [5.41, 5.74) is 3.35. The van der Waals surface area contributed by atoms with Crippen molar-refractivity contribution in [3.8, 4) is 0 Å². The van der Waals surface area contributed by atoms with Gasteiger partial charge in [-0.1, -0.05) is 30.3 Å². The maximum absolute atomic E-state index is 12.1. The van der Waals surface area contributed by atoms with Crippen LogP contribution in [0.25, 0.3) is 0 Å². The van der Waals surface area contributed by atoms with Gasteiger partial charge < -0.3 is 9.54 Å². The average molecular weight is 388 g/mol. The first-order valence-electron chi connectivity index (χ1n) is 9.30. The number of benzene rings is 1. The van der Waals surface area contributed by atoms with E-state index < -0.39 is 11.1 Å². The zero-order valence-electron chi connectivity index (χ0n) is 15.4. The molecule has 1 aliphatic rings. The molecule has 1 aromatic heterocycles. The molecule has 144 valence electrons. The maximum atomic E-state index is 12.1. The van der Waals surface area contributed by atoms with Crippen LogP contribution < -0.4 is 5.56 Å². The van der Waals surface area contributed by atoms with Crippen molar-refractivity contribution in [2.75, 3.05) is 0 Å². The summed E-state index contributed by atoms with van der Waals surface area (Å²) in [7, 11) is 0. The lowest BCUT2D eigenvalue weighted by molar-refractivity contribution is -0.121. The molecule has 2 atom stereocenters. The van der Waals surface area contributed by atoms with Gasteiger partial charge in [0, 0.05) is 30.0 Å². The molecule has 0 spiro atoms. The van der Waals surface area contributed by atoms with E-state index in [2.05, 4.69) is 4.98 Å². The van der Waals surface area contributed by atoms with Crippen molar-refractivity contribution in [3.63, 3.8) is 0 Å². The van der Waals surface area contributed by atoms with Crippen LogP contribution in [0.3, 0.4) is 0 Å². The molecule has 6 heteroatoms. The highest BCUT2D eigenvalue weighted by Gasteiger charge is 2.25. The Kier molecular flexibility index (Phi) is 6.39. The summed E-state index contributed by atoms with van der Waals surface area (Å²) in [5, 5.41) is 0. The molecule has 27 heavy (non-hydrogen) atoms. The Balaban J connectivity index is 1.88. The largest absolute Gasteiger partial charge is 0.325 e. The van der Waals surface area contributed by atoms with Crippen molar-refractivity contribution < 1.29 is 13.6 Å². The van der Waals surface area contributed by atoms with E-state index in [9.17, 15) is 13.8 Å². The summed E-state index contributed by atoms with van der Waals surface area (Å²) in [4.78, 5) is 26.7. The molecule has 1 saturated carbocycles. The molecule has 0 bridgehead atoms. The van der Waals surface area contributed by atoms with Crippen LogP contribution in [-0.4, -0.2) is 19.5 Å². The average Bonchev–Trinajstić information content (AvgIpc) is 2.64. The first-order chi connectivity index (χ1) is 12.9. The second-order valence-corrected chi connectivity index (χ2v) is 8.34. The number of H-pyrrole nitrogens is 1. The summed E-state index contributed by atoms with van der Waals surface area (Å²) in [6.07, 6.45) is 3.95. The summed E-state index contributed by atoms with van der Waals surface area (Å²) in [6.45, 7) is 1.79. The van der Waals surface area contributed by atoms with Gasteiger partial charge in [-0.05, 0) is 49.3 Å². The van der Waals surface area contributed by atoms with Crippen LogP contribution in [0.4, 0.5) is 0 Å². The highest BCUT2D eigenvalue weighted by Crippen LogP contribution is 2.35. The lowest BCUT2D eigenvalue weighted by Crippen LogP contribution is -2.20. The first-order valence-corrected chi connectivity index (χ1v) is 10.6. The van der Waals surface area contributed by atoms with Gasteiger partial charge in [-0.2, -0.15) is 0 Å². The summed E-state index contributed by atoms with van der Waals surface area (Å²) in [5.74, 6) is 0.928. The summed E-state index contributed by atoms with van der Waals surface area (Å²) < 4.78 is 20.1. The van der Waals surface area contributed by atoms with Crippen LogP contribution in [-0.2, 0) is 21.6 Å². The van der Waals surface area contributed by atoms with Crippen molar-refractivity contribution in [3.05, 3.63) is 69.1 Å². The lowest BCUT2D eigenvalue weighted by Gasteiger charge is -2.26. The standard InChI is InChI=1S/C21H25NO4S/c1-14-2-11-20(22-21(14)24)19(12-15-5-9-18(23)10-6-15)17-7-3-16(4-8-17)13-27(25)26/h2-4,7-8,11,15,19H,5-6,9-10,12-13H2,1H3,(H,22,24)(H,25,26). The van der Waals surface area contributed by atoms with Gasteiger partial charge in [0.25, 0.3) is 5.56 Å². The number of ketones is 1. The van der Waals surface area contributed by atoms with Crippen molar-refractivity contribution in [2.24, 2.45) is 5.92 Å². The van der Waals surface area contributed by atoms with E-state index in [4.69, 9.17) is 4.55 Å². The molecule has 0 saturated heterocycles. The number of carbonyl (C=O) groups excluding carboxylic acids is 1. The molecule has 1 aliphatic carbocycles. The summed E-state index contributed by atoms with van der Waals surface area (Å²) >= 11 is -1.86. The van der Waals surface area contributed by atoms with Crippen LogP contribution in [0, 0.1) is 12.8 Å². The summed E-state index contributed by atoms with van der Waals surface area (Å²) in [6, 6.07) is 11.5. The normalized spacial score (nSPS) is 17.6. The number of aromatic amines is 1. The number of hydrogen-bond acceptors (Lipinski definition) is 3. The third-order valence-electron chi connectivity index (χ3n) is 5.41. The minimum absolute atomic E-state index is 0.0326. The van der Waals surface area contributed by atoms with E-state index in [0.717, 1.165) is 36.1 Å². The zero-order valence-corrected chi connectivity index (χ0v) is 16.3. The van der Waals surface area contributed by atoms with E-state index in [-0.39, 0.29) is 17.2 Å². The van der Waals surface area contributed by atoms with E-state index >= 15 is 0 Å². The fraction of sp³-hybridized carbons (Fsp3) is 0.429. The number of pyridine rings is 1. The third kappa shape index (κ3) is 5.23. The smallest absolute Gasteiger partial charge is 0.251 e. The second-order valence-electron chi connectivity index (χ2n) is 7.40. The Morgan fingerprint density at radius 3 is 2.37 bits per heavy atom. The van der Waals surface area contributed by atoms with Crippen molar-refractivity contribution in [1.29, 1.82) is 0 Å². The monoisotopic (exact) mass is 387 g/mol. The quantitative estimate of drug-likeness (QED) is 0.740. The van der Waals surface area contributed by atoms with Crippen molar-refractivity contribution in [2.45, 2.75) is 50.7 Å². The SMILES string of the molecule is Cc1ccc(C(CC2CCC(=O)CC2)c2ccc(CS(=O)O)cc2)[nH]c1=O. The number of hydrogen-bond donors (Lipinski definition) is 2. The molecule has 1 heterocycles. The highest BCUT2D eigenvalue weighted by atomic mass is 32.2. The highest BCUT2D eigenvalue weighted by molar-refractivity contribution is 7.78. The maximum Gasteiger partial charge on any atom is 0.251 e. The minimum atomic E-state index is -1.86. The Hall–Kier alpha value is -2.05. The molecule has 0 aliphatic heterocycles. The third-order valence-corrected chi connectivity index (χ3v) is 5.99. The fourth-order valence-corrected chi connectivity index (χ4v) is 4.24. The number of nitrogens with one attached hydrogen (secondary N) is 1. The number of aryl methyl sites for hydroxylation is 1. The van der Waals surface area contributed by atoms with Gasteiger partial charge in [-0.25, -0.2) is 4.21 Å². The van der Waals surface area contributed by atoms with Crippen LogP contribution in [0.2, 0.25) is 0 Å². The van der Waals surface area contributed by atoms with Gasteiger partial charge in [0.15, 0.2) is 11.1 Å². The minimum Gasteiger partial charge on any atom is -0.325 e. The predicted molar refractivity (Wildman–Crippen MR) is 106 cm³/mol. The molecular weight excluding hydrogens is 362 g/mol. The van der Waals surface area contributed by atoms with Gasteiger partial charge in [-0.15, -0.1) is 0 Å². The molecule has 0 amide bonds. The van der Waals surface area contributed by atoms with E-state index in [1.807, 2.05) is 36.4 Å². The van der Waals surface area contributed by atoms with Crippen LogP contribution in [0.5, 0.6) is 0 Å². The molecule has 2 unspecified atom stereocenters. The molecule has 5 nitrogen and oxygen atoms in total. The van der Waals surface area contributed by atoms with Crippen LogP contribution in [0.15, 0.2) is 41.2 Å². The molecule has 1 aromatic carbocycles.